The molecule has 0 saturated heterocycles. The van der Waals surface area contributed by atoms with E-state index in [4.69, 9.17) is 0 Å². The second kappa shape index (κ2) is 4.14. The molecule has 0 spiro atoms. The average Bonchev–Trinajstić information content (AvgIpc) is 2.92. The van der Waals surface area contributed by atoms with Crippen molar-refractivity contribution in [2.24, 2.45) is 0 Å². The van der Waals surface area contributed by atoms with Crippen LogP contribution in [0.3, 0.4) is 0 Å². The summed E-state index contributed by atoms with van der Waals surface area (Å²) in [5.74, 6) is 0.650. The number of hydrogen-bond donors (Lipinski definition) is 1. The zero-order valence-corrected chi connectivity index (χ0v) is 12.0. The van der Waals surface area contributed by atoms with E-state index in [0.717, 1.165) is 9.88 Å². The SMILES string of the molecule is Cc1ncc(-c2nc3c(S(C)(=O)=O)cccc3[nH]2)s1. The number of hydrogen-bond acceptors (Lipinski definition) is 5. The van der Waals surface area contributed by atoms with Crippen molar-refractivity contribution in [2.45, 2.75) is 11.8 Å². The Kier molecular flexibility index (Phi) is 2.68. The lowest BCUT2D eigenvalue weighted by Gasteiger charge is -1.97. The zero-order chi connectivity index (χ0) is 13.6. The minimum atomic E-state index is -3.29. The van der Waals surface area contributed by atoms with E-state index >= 15 is 0 Å². The van der Waals surface area contributed by atoms with Gasteiger partial charge in [0.2, 0.25) is 0 Å². The van der Waals surface area contributed by atoms with Crippen molar-refractivity contribution < 1.29 is 8.42 Å². The molecule has 5 nitrogen and oxygen atoms in total. The van der Waals surface area contributed by atoms with Crippen LogP contribution in [0.5, 0.6) is 0 Å². The van der Waals surface area contributed by atoms with Crippen LogP contribution in [0, 0.1) is 6.92 Å². The van der Waals surface area contributed by atoms with E-state index in [1.165, 1.54) is 17.6 Å². The van der Waals surface area contributed by atoms with Crippen molar-refractivity contribution in [1.82, 2.24) is 15.0 Å². The molecule has 98 valence electrons. The second-order valence-electron chi connectivity index (χ2n) is 4.25. The molecule has 0 amide bonds. The third kappa shape index (κ3) is 2.15. The normalized spacial score (nSPS) is 12.1. The quantitative estimate of drug-likeness (QED) is 0.787. The molecule has 0 radical (unpaired) electrons. The number of nitrogens with one attached hydrogen (secondary N) is 1. The van der Waals surface area contributed by atoms with Crippen LogP contribution >= 0.6 is 11.3 Å². The zero-order valence-electron chi connectivity index (χ0n) is 10.3. The molecule has 3 aromatic rings. The van der Waals surface area contributed by atoms with Crippen LogP contribution in [-0.2, 0) is 9.84 Å². The van der Waals surface area contributed by atoms with Crippen molar-refractivity contribution in [3.8, 4) is 10.7 Å². The number of sulfone groups is 1. The van der Waals surface area contributed by atoms with Crippen molar-refractivity contribution in [3.05, 3.63) is 29.4 Å². The van der Waals surface area contributed by atoms with Crippen molar-refractivity contribution in [2.75, 3.05) is 6.26 Å². The average molecular weight is 293 g/mol. The molecule has 0 atom stereocenters. The highest BCUT2D eigenvalue weighted by Crippen LogP contribution is 2.28. The van der Waals surface area contributed by atoms with Crippen LogP contribution in [-0.4, -0.2) is 29.6 Å². The molecule has 0 aliphatic heterocycles. The molecule has 0 saturated carbocycles. The first-order valence-electron chi connectivity index (χ1n) is 5.57. The summed E-state index contributed by atoms with van der Waals surface area (Å²) in [6, 6.07) is 5.09. The highest BCUT2D eigenvalue weighted by molar-refractivity contribution is 7.91. The summed E-state index contributed by atoms with van der Waals surface area (Å²) >= 11 is 1.52. The number of H-pyrrole nitrogens is 1. The number of imidazole rings is 1. The van der Waals surface area contributed by atoms with Crippen LogP contribution in [0.25, 0.3) is 21.7 Å². The Morgan fingerprint density at radius 3 is 2.74 bits per heavy atom. The van der Waals surface area contributed by atoms with E-state index < -0.39 is 9.84 Å². The van der Waals surface area contributed by atoms with Gasteiger partial charge in [0.25, 0.3) is 0 Å². The molecule has 1 aromatic carbocycles. The van der Waals surface area contributed by atoms with Crippen LogP contribution in [0.1, 0.15) is 5.01 Å². The van der Waals surface area contributed by atoms with E-state index in [9.17, 15) is 8.42 Å². The van der Waals surface area contributed by atoms with Gasteiger partial charge in [-0.25, -0.2) is 18.4 Å². The Morgan fingerprint density at radius 2 is 2.11 bits per heavy atom. The Morgan fingerprint density at radius 1 is 1.32 bits per heavy atom. The first kappa shape index (κ1) is 12.3. The first-order valence-corrected chi connectivity index (χ1v) is 8.27. The van der Waals surface area contributed by atoms with Gasteiger partial charge in [-0.1, -0.05) is 6.07 Å². The molecule has 3 rings (SSSR count). The smallest absolute Gasteiger partial charge is 0.177 e. The molecular weight excluding hydrogens is 282 g/mol. The molecular formula is C12H11N3O2S2. The van der Waals surface area contributed by atoms with Crippen molar-refractivity contribution >= 4 is 32.2 Å². The van der Waals surface area contributed by atoms with E-state index in [0.29, 0.717) is 16.9 Å². The van der Waals surface area contributed by atoms with Crippen molar-refractivity contribution in [3.63, 3.8) is 0 Å². The third-order valence-corrected chi connectivity index (χ3v) is 4.78. The molecule has 0 fully saturated rings. The first-order chi connectivity index (χ1) is 8.95. The molecule has 7 heteroatoms. The Balaban J connectivity index is 2.27. The van der Waals surface area contributed by atoms with Gasteiger partial charge in [-0.15, -0.1) is 11.3 Å². The predicted octanol–water partition coefficient (Wildman–Crippen LogP) is 2.40. The van der Waals surface area contributed by atoms with Gasteiger partial charge in [0.15, 0.2) is 9.84 Å². The monoisotopic (exact) mass is 293 g/mol. The molecule has 1 N–H and O–H groups in total. The number of aromatic nitrogens is 3. The molecule has 0 bridgehead atoms. The number of nitrogens with zero attached hydrogens (tertiary/aromatic N) is 2. The van der Waals surface area contributed by atoms with Gasteiger partial charge in [0.05, 0.1) is 20.3 Å². The Hall–Kier alpha value is -1.73. The van der Waals surface area contributed by atoms with Gasteiger partial charge >= 0.3 is 0 Å². The molecule has 0 unspecified atom stereocenters. The fourth-order valence-electron chi connectivity index (χ4n) is 1.89. The standard InChI is InChI=1S/C12H11N3O2S2/c1-7-13-6-9(18-7)12-14-8-4-3-5-10(11(8)15-12)19(2,16)17/h3-6H,1-2H3,(H,14,15). The van der Waals surface area contributed by atoms with E-state index in [1.54, 1.807) is 18.3 Å². The largest absolute Gasteiger partial charge is 0.337 e. The minimum absolute atomic E-state index is 0.244. The summed E-state index contributed by atoms with van der Waals surface area (Å²) in [5, 5.41) is 0.943. The minimum Gasteiger partial charge on any atom is -0.337 e. The van der Waals surface area contributed by atoms with Crippen LogP contribution in [0.15, 0.2) is 29.3 Å². The summed E-state index contributed by atoms with van der Waals surface area (Å²) in [6.07, 6.45) is 2.92. The summed E-state index contributed by atoms with van der Waals surface area (Å²) < 4.78 is 23.5. The number of para-hydroxylation sites is 1. The number of aromatic amines is 1. The molecule has 0 aliphatic rings. The second-order valence-corrected chi connectivity index (χ2v) is 7.47. The molecule has 2 aromatic heterocycles. The van der Waals surface area contributed by atoms with Gasteiger partial charge in [-0.05, 0) is 19.1 Å². The van der Waals surface area contributed by atoms with E-state index in [-0.39, 0.29) is 4.90 Å². The number of benzene rings is 1. The van der Waals surface area contributed by atoms with E-state index in [1.807, 2.05) is 13.0 Å². The van der Waals surface area contributed by atoms with Gasteiger partial charge < -0.3 is 4.98 Å². The molecule has 0 aliphatic carbocycles. The van der Waals surface area contributed by atoms with Gasteiger partial charge in [-0.2, -0.15) is 0 Å². The Bertz CT molecular complexity index is 862. The molecule has 19 heavy (non-hydrogen) atoms. The topological polar surface area (TPSA) is 75.7 Å². The summed E-state index contributed by atoms with van der Waals surface area (Å²) in [4.78, 5) is 12.8. The number of fused-ring (bicyclic) bond motifs is 1. The highest BCUT2D eigenvalue weighted by Gasteiger charge is 2.16. The Labute approximate surface area is 114 Å². The number of aryl methyl sites for hydroxylation is 1. The molecule has 2 heterocycles. The predicted molar refractivity (Wildman–Crippen MR) is 75.0 cm³/mol. The maximum absolute atomic E-state index is 11.7. The summed E-state index contributed by atoms with van der Waals surface area (Å²) in [5.41, 5.74) is 1.19. The van der Waals surface area contributed by atoms with Gasteiger partial charge in [0.1, 0.15) is 11.3 Å². The maximum atomic E-state index is 11.7. The summed E-state index contributed by atoms with van der Waals surface area (Å²) in [6.45, 7) is 1.92. The summed E-state index contributed by atoms with van der Waals surface area (Å²) in [7, 11) is -3.29. The number of thiazole rings is 1. The van der Waals surface area contributed by atoms with Crippen LogP contribution < -0.4 is 0 Å². The number of rotatable bonds is 2. The van der Waals surface area contributed by atoms with E-state index in [2.05, 4.69) is 15.0 Å². The van der Waals surface area contributed by atoms with Crippen LogP contribution in [0.2, 0.25) is 0 Å². The van der Waals surface area contributed by atoms with Crippen LogP contribution in [0.4, 0.5) is 0 Å². The maximum Gasteiger partial charge on any atom is 0.177 e. The highest BCUT2D eigenvalue weighted by atomic mass is 32.2. The van der Waals surface area contributed by atoms with Gasteiger partial charge in [-0.3, -0.25) is 0 Å². The fourth-order valence-corrected chi connectivity index (χ4v) is 3.45. The lowest BCUT2D eigenvalue weighted by Crippen LogP contribution is -1.97. The van der Waals surface area contributed by atoms with Gasteiger partial charge in [0, 0.05) is 12.5 Å². The lowest BCUT2D eigenvalue weighted by atomic mass is 10.3. The van der Waals surface area contributed by atoms with Crippen molar-refractivity contribution in [1.29, 1.82) is 0 Å². The lowest BCUT2D eigenvalue weighted by molar-refractivity contribution is 0.602. The third-order valence-electron chi connectivity index (χ3n) is 2.73. The fraction of sp³-hybridized carbons (Fsp3) is 0.167.